The standard InChI is InChI=1S/C13H22N2O3/c1-12(2,3)10-9-7-6-8-13(9,18-14-10)11(16)15(4)17-5/h9H,6-8H2,1-5H3. The van der Waals surface area contributed by atoms with Crippen molar-refractivity contribution in [3.8, 4) is 0 Å². The van der Waals surface area contributed by atoms with Crippen molar-refractivity contribution < 1.29 is 14.5 Å². The first-order valence-corrected chi connectivity index (χ1v) is 6.42. The third kappa shape index (κ3) is 1.81. The van der Waals surface area contributed by atoms with Crippen molar-refractivity contribution >= 4 is 11.6 Å². The van der Waals surface area contributed by atoms with Crippen LogP contribution in [0.5, 0.6) is 0 Å². The van der Waals surface area contributed by atoms with Gasteiger partial charge in [0.05, 0.1) is 18.7 Å². The second-order valence-electron chi connectivity index (χ2n) is 6.14. The minimum atomic E-state index is -0.826. The summed E-state index contributed by atoms with van der Waals surface area (Å²) in [4.78, 5) is 23.1. The van der Waals surface area contributed by atoms with Gasteiger partial charge in [-0.25, -0.2) is 5.06 Å². The highest BCUT2D eigenvalue weighted by Crippen LogP contribution is 2.48. The first-order chi connectivity index (χ1) is 8.33. The van der Waals surface area contributed by atoms with Crippen molar-refractivity contribution in [3.63, 3.8) is 0 Å². The number of hydroxylamine groups is 2. The Morgan fingerprint density at radius 1 is 1.56 bits per heavy atom. The molecule has 0 bridgehead atoms. The fourth-order valence-corrected chi connectivity index (χ4v) is 2.94. The summed E-state index contributed by atoms with van der Waals surface area (Å²) in [6.07, 6.45) is 2.66. The van der Waals surface area contributed by atoms with E-state index in [4.69, 9.17) is 9.68 Å². The molecule has 0 radical (unpaired) electrons. The Morgan fingerprint density at radius 2 is 2.22 bits per heavy atom. The maximum Gasteiger partial charge on any atom is 0.293 e. The van der Waals surface area contributed by atoms with E-state index in [1.54, 1.807) is 7.05 Å². The van der Waals surface area contributed by atoms with Crippen LogP contribution in [0.1, 0.15) is 40.0 Å². The average molecular weight is 254 g/mol. The number of oxime groups is 1. The van der Waals surface area contributed by atoms with Crippen LogP contribution in [-0.2, 0) is 14.5 Å². The molecule has 0 aromatic rings. The predicted octanol–water partition coefficient (Wildman–Crippen LogP) is 1.98. The summed E-state index contributed by atoms with van der Waals surface area (Å²) in [5, 5.41) is 5.46. The molecule has 1 saturated carbocycles. The van der Waals surface area contributed by atoms with E-state index in [0.717, 1.165) is 18.6 Å². The van der Waals surface area contributed by atoms with E-state index >= 15 is 0 Å². The van der Waals surface area contributed by atoms with Crippen LogP contribution < -0.4 is 0 Å². The highest BCUT2D eigenvalue weighted by atomic mass is 16.7. The van der Waals surface area contributed by atoms with Gasteiger partial charge >= 0.3 is 0 Å². The number of carbonyl (C=O) groups excluding carboxylic acids is 1. The highest BCUT2D eigenvalue weighted by Gasteiger charge is 2.60. The largest absolute Gasteiger partial charge is 0.378 e. The number of hydrogen-bond acceptors (Lipinski definition) is 4. The van der Waals surface area contributed by atoms with Gasteiger partial charge in [0.1, 0.15) is 0 Å². The molecular weight excluding hydrogens is 232 g/mol. The van der Waals surface area contributed by atoms with E-state index in [-0.39, 0.29) is 17.2 Å². The van der Waals surface area contributed by atoms with Crippen molar-refractivity contribution in [2.75, 3.05) is 14.2 Å². The number of fused-ring (bicyclic) bond motifs is 1. The smallest absolute Gasteiger partial charge is 0.293 e. The number of carbonyl (C=O) groups is 1. The quantitative estimate of drug-likeness (QED) is 0.708. The van der Waals surface area contributed by atoms with Crippen LogP contribution in [0.3, 0.4) is 0 Å². The third-order valence-corrected chi connectivity index (χ3v) is 3.93. The highest BCUT2D eigenvalue weighted by molar-refractivity contribution is 6.00. The van der Waals surface area contributed by atoms with Gasteiger partial charge in [-0.15, -0.1) is 0 Å². The lowest BCUT2D eigenvalue weighted by Crippen LogP contribution is -2.51. The van der Waals surface area contributed by atoms with Gasteiger partial charge in [0, 0.05) is 12.5 Å². The van der Waals surface area contributed by atoms with Crippen molar-refractivity contribution in [2.24, 2.45) is 16.5 Å². The van der Waals surface area contributed by atoms with E-state index in [9.17, 15) is 4.79 Å². The second-order valence-corrected chi connectivity index (χ2v) is 6.14. The molecule has 5 nitrogen and oxygen atoms in total. The average Bonchev–Trinajstić information content (AvgIpc) is 2.83. The first-order valence-electron chi connectivity index (χ1n) is 6.42. The van der Waals surface area contributed by atoms with Crippen molar-refractivity contribution in [1.82, 2.24) is 5.06 Å². The Hall–Kier alpha value is -1.10. The number of amides is 1. The van der Waals surface area contributed by atoms with Crippen molar-refractivity contribution in [2.45, 2.75) is 45.6 Å². The lowest BCUT2D eigenvalue weighted by atomic mass is 9.76. The molecule has 1 amide bonds. The Labute approximate surface area is 108 Å². The Kier molecular flexibility index (Phi) is 3.13. The Morgan fingerprint density at radius 3 is 2.78 bits per heavy atom. The maximum absolute atomic E-state index is 12.5. The maximum atomic E-state index is 12.5. The van der Waals surface area contributed by atoms with Gasteiger partial charge in [-0.05, 0) is 19.3 Å². The zero-order valence-corrected chi connectivity index (χ0v) is 11.8. The molecule has 102 valence electrons. The molecule has 2 aliphatic rings. The van der Waals surface area contributed by atoms with E-state index in [1.165, 1.54) is 12.2 Å². The molecule has 18 heavy (non-hydrogen) atoms. The zero-order chi connectivity index (χ0) is 13.6. The molecule has 0 spiro atoms. The van der Waals surface area contributed by atoms with E-state index < -0.39 is 5.60 Å². The van der Waals surface area contributed by atoms with Crippen LogP contribution in [-0.4, -0.2) is 36.4 Å². The van der Waals surface area contributed by atoms with Gasteiger partial charge in [-0.1, -0.05) is 25.9 Å². The Balaban J connectivity index is 2.29. The van der Waals surface area contributed by atoms with Crippen LogP contribution >= 0.6 is 0 Å². The van der Waals surface area contributed by atoms with Crippen LogP contribution in [0.4, 0.5) is 0 Å². The van der Waals surface area contributed by atoms with Gasteiger partial charge in [0.25, 0.3) is 5.91 Å². The summed E-state index contributed by atoms with van der Waals surface area (Å²) in [5.41, 5.74) is 0.105. The molecule has 2 rings (SSSR count). The Bertz CT molecular complexity index is 386. The zero-order valence-electron chi connectivity index (χ0n) is 11.8. The molecule has 1 fully saturated rings. The molecule has 5 heteroatoms. The SMILES string of the molecule is CON(C)C(=O)C12CCCC1C(C(C)(C)C)=NO2. The minimum absolute atomic E-state index is 0.0668. The van der Waals surface area contributed by atoms with Gasteiger partial charge in [-0.2, -0.15) is 0 Å². The fourth-order valence-electron chi connectivity index (χ4n) is 2.94. The molecule has 0 N–H and O–H groups in total. The minimum Gasteiger partial charge on any atom is -0.378 e. The summed E-state index contributed by atoms with van der Waals surface area (Å²) < 4.78 is 0. The second kappa shape index (κ2) is 4.23. The number of rotatable bonds is 2. The number of hydrogen-bond donors (Lipinski definition) is 0. The van der Waals surface area contributed by atoms with Crippen LogP contribution in [0.15, 0.2) is 5.16 Å². The van der Waals surface area contributed by atoms with Crippen LogP contribution in [0.2, 0.25) is 0 Å². The lowest BCUT2D eigenvalue weighted by Gasteiger charge is -2.30. The molecule has 1 aliphatic heterocycles. The fraction of sp³-hybridized carbons (Fsp3) is 0.846. The summed E-state index contributed by atoms with van der Waals surface area (Å²) >= 11 is 0. The summed E-state index contributed by atoms with van der Waals surface area (Å²) in [7, 11) is 3.10. The summed E-state index contributed by atoms with van der Waals surface area (Å²) in [6, 6.07) is 0. The van der Waals surface area contributed by atoms with Crippen molar-refractivity contribution in [1.29, 1.82) is 0 Å². The monoisotopic (exact) mass is 254 g/mol. The summed E-state index contributed by atoms with van der Waals surface area (Å²) in [5.74, 6) is -0.0434. The van der Waals surface area contributed by atoms with Crippen LogP contribution in [0, 0.1) is 11.3 Å². The molecule has 0 aromatic carbocycles. The number of likely N-dealkylation sites (N-methyl/N-ethyl adjacent to an activating group) is 1. The van der Waals surface area contributed by atoms with Gasteiger partial charge < -0.3 is 4.84 Å². The number of nitrogens with zero attached hydrogens (tertiary/aromatic N) is 2. The van der Waals surface area contributed by atoms with Crippen molar-refractivity contribution in [3.05, 3.63) is 0 Å². The molecule has 2 atom stereocenters. The van der Waals surface area contributed by atoms with E-state index in [2.05, 4.69) is 25.9 Å². The first kappa shape index (κ1) is 13.3. The van der Waals surface area contributed by atoms with Gasteiger partial charge in [0.2, 0.25) is 5.60 Å². The third-order valence-electron chi connectivity index (χ3n) is 3.93. The molecule has 1 aliphatic carbocycles. The molecule has 0 aromatic heterocycles. The molecule has 2 unspecified atom stereocenters. The van der Waals surface area contributed by atoms with Crippen LogP contribution in [0.25, 0.3) is 0 Å². The lowest BCUT2D eigenvalue weighted by molar-refractivity contribution is -0.193. The molecular formula is C13H22N2O3. The van der Waals surface area contributed by atoms with Gasteiger partial charge in [-0.3, -0.25) is 9.63 Å². The van der Waals surface area contributed by atoms with Gasteiger partial charge in [0.15, 0.2) is 0 Å². The molecule has 0 saturated heterocycles. The van der Waals surface area contributed by atoms with E-state index in [1.807, 2.05) is 0 Å². The molecule has 1 heterocycles. The summed E-state index contributed by atoms with van der Waals surface area (Å²) in [6.45, 7) is 6.32. The topological polar surface area (TPSA) is 51.1 Å². The normalized spacial score (nSPS) is 30.7. The predicted molar refractivity (Wildman–Crippen MR) is 67.8 cm³/mol. The van der Waals surface area contributed by atoms with E-state index in [0.29, 0.717) is 6.42 Å².